The van der Waals surface area contributed by atoms with Gasteiger partial charge in [-0.2, -0.15) is 4.98 Å². The van der Waals surface area contributed by atoms with E-state index in [4.69, 9.17) is 9.52 Å². The summed E-state index contributed by atoms with van der Waals surface area (Å²) in [7, 11) is 3.73. The first-order valence-electron chi connectivity index (χ1n) is 7.81. The van der Waals surface area contributed by atoms with Crippen LogP contribution >= 0.6 is 0 Å². The number of carbonyl (C=O) groups excluding carboxylic acids is 1. The average Bonchev–Trinajstić information content (AvgIpc) is 2.98. The maximum Gasteiger partial charge on any atom is 0.321 e. The van der Waals surface area contributed by atoms with Crippen molar-refractivity contribution in [1.82, 2.24) is 9.88 Å². The number of benzene rings is 1. The van der Waals surface area contributed by atoms with E-state index in [0.29, 0.717) is 41.8 Å². The highest BCUT2D eigenvalue weighted by molar-refractivity contribution is 5.91. The molecule has 1 aromatic heterocycles. The highest BCUT2D eigenvalue weighted by atomic mass is 16.4. The van der Waals surface area contributed by atoms with Crippen LogP contribution in [0.15, 0.2) is 22.6 Å². The minimum absolute atomic E-state index is 0.114. The van der Waals surface area contributed by atoms with Gasteiger partial charge in [0, 0.05) is 39.5 Å². The zero-order chi connectivity index (χ0) is 16.4. The first-order chi connectivity index (χ1) is 11.1. The van der Waals surface area contributed by atoms with Crippen LogP contribution in [0.2, 0.25) is 0 Å². The number of urea groups is 1. The van der Waals surface area contributed by atoms with E-state index in [1.54, 1.807) is 9.80 Å². The van der Waals surface area contributed by atoms with Gasteiger partial charge in [-0.3, -0.25) is 0 Å². The number of likely N-dealkylation sites (tertiary alicyclic amines) is 1. The van der Waals surface area contributed by atoms with Crippen molar-refractivity contribution in [3.05, 3.63) is 18.2 Å². The topological polar surface area (TPSA) is 81.8 Å². The second-order valence-electron chi connectivity index (χ2n) is 6.12. The van der Waals surface area contributed by atoms with Gasteiger partial charge < -0.3 is 24.6 Å². The number of hydrogen-bond acceptors (Lipinski definition) is 5. The fraction of sp³-hybridized carbons (Fsp3) is 0.500. The summed E-state index contributed by atoms with van der Waals surface area (Å²) in [6.45, 7) is 1.55. The van der Waals surface area contributed by atoms with Crippen LogP contribution < -0.4 is 10.2 Å². The average molecular weight is 318 g/mol. The summed E-state index contributed by atoms with van der Waals surface area (Å²) in [5.74, 6) is 0.315. The number of piperidine rings is 1. The molecule has 124 valence electrons. The highest BCUT2D eigenvalue weighted by Gasteiger charge is 2.22. The lowest BCUT2D eigenvalue weighted by atomic mass is 9.98. The molecule has 7 heteroatoms. The van der Waals surface area contributed by atoms with E-state index in [-0.39, 0.29) is 12.6 Å². The number of hydrogen-bond donors (Lipinski definition) is 2. The fourth-order valence-electron chi connectivity index (χ4n) is 2.71. The standard InChI is InChI=1S/C16H22N4O3/c1-19(2)16-18-13-9-12(3-4-14(13)23-16)17-15(22)20-7-5-11(10-21)6-8-20/h3-4,9,11,21H,5-8,10H2,1-2H3,(H,17,22). The Hall–Kier alpha value is -2.28. The van der Waals surface area contributed by atoms with Crippen molar-refractivity contribution in [1.29, 1.82) is 0 Å². The molecule has 2 heterocycles. The molecule has 2 aromatic rings. The molecule has 0 atom stereocenters. The summed E-state index contributed by atoms with van der Waals surface area (Å²) in [6, 6.07) is 5.85. The largest absolute Gasteiger partial charge is 0.423 e. The Bertz CT molecular complexity index is 690. The molecule has 1 aliphatic rings. The van der Waals surface area contributed by atoms with Gasteiger partial charge in [-0.15, -0.1) is 0 Å². The summed E-state index contributed by atoms with van der Waals surface area (Å²) < 4.78 is 5.60. The van der Waals surface area contributed by atoms with E-state index in [1.807, 2.05) is 32.3 Å². The number of aliphatic hydroxyl groups excluding tert-OH is 1. The lowest BCUT2D eigenvalue weighted by molar-refractivity contribution is 0.143. The van der Waals surface area contributed by atoms with E-state index in [1.165, 1.54) is 0 Å². The van der Waals surface area contributed by atoms with Crippen molar-refractivity contribution in [3.8, 4) is 0 Å². The molecule has 0 spiro atoms. The molecule has 0 saturated carbocycles. The maximum absolute atomic E-state index is 12.3. The zero-order valence-corrected chi connectivity index (χ0v) is 13.5. The van der Waals surface area contributed by atoms with Crippen LogP contribution in [-0.2, 0) is 0 Å². The Labute approximate surface area is 134 Å². The van der Waals surface area contributed by atoms with E-state index < -0.39 is 0 Å². The molecule has 1 fully saturated rings. The first kappa shape index (κ1) is 15.6. The Kier molecular flexibility index (Phi) is 4.38. The monoisotopic (exact) mass is 318 g/mol. The van der Waals surface area contributed by atoms with Crippen molar-refractivity contribution in [2.24, 2.45) is 5.92 Å². The molecule has 2 N–H and O–H groups in total. The number of nitrogens with one attached hydrogen (secondary N) is 1. The molecule has 0 radical (unpaired) electrons. The van der Waals surface area contributed by atoms with Crippen molar-refractivity contribution in [3.63, 3.8) is 0 Å². The molecule has 23 heavy (non-hydrogen) atoms. The number of oxazole rings is 1. The summed E-state index contributed by atoms with van der Waals surface area (Å²) in [4.78, 5) is 20.3. The van der Waals surface area contributed by atoms with E-state index >= 15 is 0 Å². The molecule has 1 saturated heterocycles. The van der Waals surface area contributed by atoms with Crippen molar-refractivity contribution in [2.45, 2.75) is 12.8 Å². The molecular weight excluding hydrogens is 296 g/mol. The van der Waals surface area contributed by atoms with Crippen LogP contribution in [0.4, 0.5) is 16.5 Å². The second-order valence-corrected chi connectivity index (χ2v) is 6.12. The van der Waals surface area contributed by atoms with Gasteiger partial charge in [-0.05, 0) is 37.0 Å². The van der Waals surface area contributed by atoms with Crippen LogP contribution in [0.1, 0.15) is 12.8 Å². The number of rotatable bonds is 3. The minimum Gasteiger partial charge on any atom is -0.423 e. The molecule has 1 aliphatic heterocycles. The molecule has 0 unspecified atom stereocenters. The van der Waals surface area contributed by atoms with Crippen LogP contribution in [0.5, 0.6) is 0 Å². The van der Waals surface area contributed by atoms with Gasteiger partial charge in [-0.25, -0.2) is 4.79 Å². The maximum atomic E-state index is 12.3. The van der Waals surface area contributed by atoms with Gasteiger partial charge in [0.05, 0.1) is 0 Å². The molecular formula is C16H22N4O3. The van der Waals surface area contributed by atoms with Crippen molar-refractivity contribution < 1.29 is 14.3 Å². The Balaban J connectivity index is 1.67. The number of nitrogens with zero attached hydrogens (tertiary/aromatic N) is 3. The summed E-state index contributed by atoms with van der Waals surface area (Å²) >= 11 is 0. The third kappa shape index (κ3) is 3.39. The number of carbonyl (C=O) groups is 1. The van der Waals surface area contributed by atoms with Crippen molar-refractivity contribution in [2.75, 3.05) is 44.0 Å². The Morgan fingerprint density at radius 2 is 2.17 bits per heavy atom. The molecule has 7 nitrogen and oxygen atoms in total. The number of aromatic nitrogens is 1. The molecule has 0 aliphatic carbocycles. The first-order valence-corrected chi connectivity index (χ1v) is 7.81. The smallest absolute Gasteiger partial charge is 0.321 e. The summed E-state index contributed by atoms with van der Waals surface area (Å²) in [5, 5.41) is 12.1. The quantitative estimate of drug-likeness (QED) is 0.906. The van der Waals surface area contributed by atoms with Gasteiger partial charge in [0.1, 0.15) is 5.52 Å². The third-order valence-corrected chi connectivity index (χ3v) is 4.17. The normalized spacial score (nSPS) is 15.9. The number of aliphatic hydroxyl groups is 1. The Morgan fingerprint density at radius 1 is 1.43 bits per heavy atom. The van der Waals surface area contributed by atoms with Gasteiger partial charge in [-0.1, -0.05) is 0 Å². The van der Waals surface area contributed by atoms with Gasteiger partial charge in [0.15, 0.2) is 5.58 Å². The predicted octanol–water partition coefficient (Wildman–Crippen LogP) is 2.13. The lowest BCUT2D eigenvalue weighted by Gasteiger charge is -2.31. The molecule has 1 aromatic carbocycles. The Morgan fingerprint density at radius 3 is 2.83 bits per heavy atom. The van der Waals surface area contributed by atoms with Crippen LogP contribution in [-0.4, -0.2) is 54.8 Å². The van der Waals surface area contributed by atoms with E-state index in [2.05, 4.69) is 10.3 Å². The third-order valence-electron chi connectivity index (χ3n) is 4.17. The zero-order valence-electron chi connectivity index (χ0n) is 13.5. The van der Waals surface area contributed by atoms with Crippen LogP contribution in [0.25, 0.3) is 11.1 Å². The van der Waals surface area contributed by atoms with Gasteiger partial charge in [0.25, 0.3) is 6.01 Å². The van der Waals surface area contributed by atoms with Gasteiger partial charge >= 0.3 is 6.03 Å². The fourth-order valence-corrected chi connectivity index (χ4v) is 2.71. The van der Waals surface area contributed by atoms with Crippen LogP contribution in [0.3, 0.4) is 0 Å². The van der Waals surface area contributed by atoms with E-state index in [0.717, 1.165) is 12.8 Å². The van der Waals surface area contributed by atoms with Crippen LogP contribution in [0, 0.1) is 5.92 Å². The van der Waals surface area contributed by atoms with E-state index in [9.17, 15) is 4.79 Å². The number of anilines is 2. The lowest BCUT2D eigenvalue weighted by Crippen LogP contribution is -2.41. The minimum atomic E-state index is -0.114. The van der Waals surface area contributed by atoms with Crippen molar-refractivity contribution >= 4 is 28.8 Å². The summed E-state index contributed by atoms with van der Waals surface area (Å²) in [5.41, 5.74) is 2.10. The second kappa shape index (κ2) is 6.45. The van der Waals surface area contributed by atoms with Gasteiger partial charge in [0.2, 0.25) is 0 Å². The molecule has 0 bridgehead atoms. The number of amides is 2. The molecule has 2 amide bonds. The molecule has 3 rings (SSSR count). The SMILES string of the molecule is CN(C)c1nc2cc(NC(=O)N3CCC(CO)CC3)ccc2o1. The number of fused-ring (bicyclic) bond motifs is 1. The highest BCUT2D eigenvalue weighted by Crippen LogP contribution is 2.24. The predicted molar refractivity (Wildman–Crippen MR) is 88.7 cm³/mol. The summed E-state index contributed by atoms with van der Waals surface area (Å²) in [6.07, 6.45) is 1.69.